The molecule has 6 heteroatoms. The summed E-state index contributed by atoms with van der Waals surface area (Å²) in [6.07, 6.45) is 4.49. The first-order valence-corrected chi connectivity index (χ1v) is 7.72. The van der Waals surface area contributed by atoms with Gasteiger partial charge in [-0.3, -0.25) is 0 Å². The van der Waals surface area contributed by atoms with Crippen LogP contribution in [0, 0.1) is 0 Å². The second kappa shape index (κ2) is 7.06. The number of rotatable bonds is 4. The predicted octanol–water partition coefficient (Wildman–Crippen LogP) is 1.99. The molecule has 0 saturated carbocycles. The lowest BCUT2D eigenvalue weighted by atomic mass is 10.3. The van der Waals surface area contributed by atoms with Gasteiger partial charge in [-0.2, -0.15) is 0 Å². The summed E-state index contributed by atoms with van der Waals surface area (Å²) in [5.41, 5.74) is 0. The van der Waals surface area contributed by atoms with Gasteiger partial charge < -0.3 is 14.5 Å². The fourth-order valence-electron chi connectivity index (χ4n) is 2.65. The highest BCUT2D eigenvalue weighted by molar-refractivity contribution is 5.43. The molecule has 3 heterocycles. The first-order chi connectivity index (χ1) is 10.9. The Labute approximate surface area is 130 Å². The summed E-state index contributed by atoms with van der Waals surface area (Å²) in [6, 6.07) is 7.96. The van der Waals surface area contributed by atoms with E-state index in [9.17, 15) is 0 Å². The molecule has 1 aliphatic rings. The summed E-state index contributed by atoms with van der Waals surface area (Å²) in [7, 11) is 0. The van der Waals surface area contributed by atoms with Crippen molar-refractivity contribution < 1.29 is 4.74 Å². The molecule has 0 bridgehead atoms. The Morgan fingerprint density at radius 1 is 1.00 bits per heavy atom. The van der Waals surface area contributed by atoms with E-state index in [1.807, 2.05) is 31.3 Å². The van der Waals surface area contributed by atoms with Crippen molar-refractivity contribution in [2.45, 2.75) is 13.3 Å². The van der Waals surface area contributed by atoms with E-state index in [2.05, 4.69) is 30.8 Å². The van der Waals surface area contributed by atoms with Crippen molar-refractivity contribution in [1.29, 1.82) is 0 Å². The van der Waals surface area contributed by atoms with Crippen molar-refractivity contribution in [3.63, 3.8) is 0 Å². The molecule has 2 aromatic rings. The fraction of sp³-hybridized carbons (Fsp3) is 0.438. The van der Waals surface area contributed by atoms with Gasteiger partial charge in [-0.1, -0.05) is 6.07 Å². The van der Waals surface area contributed by atoms with Crippen LogP contribution in [-0.2, 0) is 0 Å². The fourth-order valence-corrected chi connectivity index (χ4v) is 2.65. The lowest BCUT2D eigenvalue weighted by Crippen LogP contribution is -2.31. The Balaban J connectivity index is 1.69. The number of nitrogens with zero attached hydrogens (tertiary/aromatic N) is 5. The molecule has 6 nitrogen and oxygen atoms in total. The van der Waals surface area contributed by atoms with Gasteiger partial charge in [0, 0.05) is 38.4 Å². The smallest absolute Gasteiger partial charge is 0.218 e. The minimum absolute atomic E-state index is 0.615. The Morgan fingerprint density at radius 2 is 1.82 bits per heavy atom. The van der Waals surface area contributed by atoms with Gasteiger partial charge in [0.15, 0.2) is 0 Å². The number of ether oxygens (including phenoxy) is 1. The molecule has 22 heavy (non-hydrogen) atoms. The lowest BCUT2D eigenvalue weighted by molar-refractivity contribution is 0.326. The van der Waals surface area contributed by atoms with E-state index in [0.29, 0.717) is 12.5 Å². The molecule has 0 spiro atoms. The largest absolute Gasteiger partial charge is 0.478 e. The molecule has 0 amide bonds. The van der Waals surface area contributed by atoms with E-state index >= 15 is 0 Å². The summed E-state index contributed by atoms with van der Waals surface area (Å²) >= 11 is 0. The van der Waals surface area contributed by atoms with Crippen LogP contribution in [0.5, 0.6) is 5.88 Å². The third kappa shape index (κ3) is 3.44. The monoisotopic (exact) mass is 299 g/mol. The van der Waals surface area contributed by atoms with Crippen LogP contribution in [-0.4, -0.2) is 47.7 Å². The Morgan fingerprint density at radius 3 is 2.55 bits per heavy atom. The maximum atomic E-state index is 5.46. The second-order valence-corrected chi connectivity index (χ2v) is 5.16. The first kappa shape index (κ1) is 14.6. The van der Waals surface area contributed by atoms with Crippen LogP contribution in [0.2, 0.25) is 0 Å². The third-order valence-corrected chi connectivity index (χ3v) is 3.71. The maximum absolute atomic E-state index is 5.46. The number of aromatic nitrogens is 3. The van der Waals surface area contributed by atoms with Gasteiger partial charge in [0.05, 0.1) is 6.61 Å². The van der Waals surface area contributed by atoms with Gasteiger partial charge in [0.1, 0.15) is 18.0 Å². The number of hydrogen-bond donors (Lipinski definition) is 0. The Kier molecular flexibility index (Phi) is 4.68. The highest BCUT2D eigenvalue weighted by Gasteiger charge is 2.17. The molecule has 0 N–H and O–H groups in total. The number of hydrogen-bond acceptors (Lipinski definition) is 6. The molecule has 116 valence electrons. The van der Waals surface area contributed by atoms with E-state index in [4.69, 9.17) is 4.74 Å². The van der Waals surface area contributed by atoms with Crippen LogP contribution in [0.25, 0.3) is 0 Å². The molecule has 1 saturated heterocycles. The Hall–Kier alpha value is -2.37. The summed E-state index contributed by atoms with van der Waals surface area (Å²) in [5, 5.41) is 0. The standard InChI is InChI=1S/C16H21N5O/c1-2-22-16-12-15(18-13-19-16)21-9-5-8-20(10-11-21)14-6-3-4-7-17-14/h3-4,6-7,12-13H,2,5,8-11H2,1H3. The van der Waals surface area contributed by atoms with Gasteiger partial charge >= 0.3 is 0 Å². The van der Waals surface area contributed by atoms with Crippen molar-refractivity contribution in [3.05, 3.63) is 36.8 Å². The summed E-state index contributed by atoms with van der Waals surface area (Å²) < 4.78 is 5.46. The number of pyridine rings is 1. The predicted molar refractivity (Wildman–Crippen MR) is 86.5 cm³/mol. The minimum atomic E-state index is 0.615. The average molecular weight is 299 g/mol. The molecular weight excluding hydrogens is 278 g/mol. The molecule has 1 fully saturated rings. The van der Waals surface area contributed by atoms with Crippen LogP contribution >= 0.6 is 0 Å². The highest BCUT2D eigenvalue weighted by Crippen LogP contribution is 2.19. The first-order valence-electron chi connectivity index (χ1n) is 7.72. The van der Waals surface area contributed by atoms with Crippen molar-refractivity contribution in [1.82, 2.24) is 15.0 Å². The third-order valence-electron chi connectivity index (χ3n) is 3.71. The Bertz CT molecular complexity index is 592. The molecule has 2 aromatic heterocycles. The average Bonchev–Trinajstić information content (AvgIpc) is 2.82. The van der Waals surface area contributed by atoms with Crippen molar-refractivity contribution in [2.24, 2.45) is 0 Å². The molecule has 1 aliphatic heterocycles. The minimum Gasteiger partial charge on any atom is -0.478 e. The second-order valence-electron chi connectivity index (χ2n) is 5.16. The van der Waals surface area contributed by atoms with Crippen molar-refractivity contribution >= 4 is 11.6 Å². The summed E-state index contributed by atoms with van der Waals surface area (Å²) in [5.74, 6) is 2.61. The van der Waals surface area contributed by atoms with E-state index in [-0.39, 0.29) is 0 Å². The molecule has 0 radical (unpaired) electrons. The van der Waals surface area contributed by atoms with Gasteiger partial charge in [-0.25, -0.2) is 15.0 Å². The van der Waals surface area contributed by atoms with Crippen molar-refractivity contribution in [3.8, 4) is 5.88 Å². The zero-order valence-corrected chi connectivity index (χ0v) is 12.9. The van der Waals surface area contributed by atoms with E-state index < -0.39 is 0 Å². The number of anilines is 2. The molecular formula is C16H21N5O. The van der Waals surface area contributed by atoms with Crippen LogP contribution in [0.4, 0.5) is 11.6 Å². The van der Waals surface area contributed by atoms with Gasteiger partial charge in [-0.15, -0.1) is 0 Å². The summed E-state index contributed by atoms with van der Waals surface area (Å²) in [4.78, 5) is 17.6. The quantitative estimate of drug-likeness (QED) is 0.860. The maximum Gasteiger partial charge on any atom is 0.218 e. The molecule has 0 atom stereocenters. The van der Waals surface area contributed by atoms with Crippen LogP contribution in [0.3, 0.4) is 0 Å². The van der Waals surface area contributed by atoms with Crippen LogP contribution < -0.4 is 14.5 Å². The SMILES string of the molecule is CCOc1cc(N2CCCN(c3ccccn3)CC2)ncn1. The van der Waals surface area contributed by atoms with Crippen LogP contribution in [0.1, 0.15) is 13.3 Å². The molecule has 3 rings (SSSR count). The van der Waals surface area contributed by atoms with E-state index in [1.54, 1.807) is 6.33 Å². The van der Waals surface area contributed by atoms with E-state index in [0.717, 1.165) is 44.2 Å². The normalized spacial score (nSPS) is 15.5. The van der Waals surface area contributed by atoms with Gasteiger partial charge in [0.2, 0.25) is 5.88 Å². The van der Waals surface area contributed by atoms with Crippen molar-refractivity contribution in [2.75, 3.05) is 42.6 Å². The topological polar surface area (TPSA) is 54.4 Å². The highest BCUT2D eigenvalue weighted by atomic mass is 16.5. The molecule has 0 aromatic carbocycles. The summed E-state index contributed by atoms with van der Waals surface area (Å²) in [6.45, 7) is 6.41. The molecule has 0 unspecified atom stereocenters. The lowest BCUT2D eigenvalue weighted by Gasteiger charge is -2.23. The van der Waals surface area contributed by atoms with Gasteiger partial charge in [-0.05, 0) is 25.5 Å². The zero-order chi connectivity index (χ0) is 15.2. The zero-order valence-electron chi connectivity index (χ0n) is 12.9. The van der Waals surface area contributed by atoms with E-state index in [1.165, 1.54) is 0 Å². The molecule has 0 aliphatic carbocycles. The van der Waals surface area contributed by atoms with Crippen LogP contribution in [0.15, 0.2) is 36.8 Å². The van der Waals surface area contributed by atoms with Gasteiger partial charge in [0.25, 0.3) is 0 Å².